The maximum atomic E-state index is 13.7. The number of aromatic nitrogens is 1. The summed E-state index contributed by atoms with van der Waals surface area (Å²) in [6, 6.07) is 13.1. The maximum Gasteiger partial charge on any atom is 0.393 e. The van der Waals surface area contributed by atoms with Gasteiger partial charge >= 0.3 is 6.18 Å². The number of hydrogen-bond acceptors (Lipinski definition) is 3. The van der Waals surface area contributed by atoms with Gasteiger partial charge in [-0.3, -0.25) is 14.7 Å². The smallest absolute Gasteiger partial charge is 0.355 e. The summed E-state index contributed by atoms with van der Waals surface area (Å²) in [4.78, 5) is 18.6. The highest BCUT2D eigenvalue weighted by Gasteiger charge is 2.52. The lowest BCUT2D eigenvalue weighted by molar-refractivity contribution is -0.183. The van der Waals surface area contributed by atoms with Crippen LogP contribution in [0.3, 0.4) is 0 Å². The number of amides is 1. The fourth-order valence-corrected chi connectivity index (χ4v) is 4.13. The highest BCUT2D eigenvalue weighted by atomic mass is 19.4. The zero-order chi connectivity index (χ0) is 21.7. The number of nitrogens with zero attached hydrogens (tertiary/aromatic N) is 2. The van der Waals surface area contributed by atoms with Gasteiger partial charge in [0.05, 0.1) is 11.8 Å². The first-order chi connectivity index (χ1) is 14.3. The molecule has 1 saturated heterocycles. The molecule has 4 nitrogen and oxygen atoms in total. The number of pyridine rings is 1. The summed E-state index contributed by atoms with van der Waals surface area (Å²) in [5.74, 6) is -3.07. The largest absolute Gasteiger partial charge is 0.393 e. The van der Waals surface area contributed by atoms with Gasteiger partial charge in [0.1, 0.15) is 0 Å². The minimum atomic E-state index is -4.41. The monoisotopic (exact) mass is 419 g/mol. The molecule has 3 atom stereocenters. The average Bonchev–Trinajstić information content (AvgIpc) is 3.14. The predicted octanol–water partition coefficient (Wildman–Crippen LogP) is 4.25. The van der Waals surface area contributed by atoms with E-state index in [9.17, 15) is 18.0 Å². The molecule has 0 aliphatic carbocycles. The van der Waals surface area contributed by atoms with Gasteiger partial charge < -0.3 is 5.32 Å². The van der Waals surface area contributed by atoms with Gasteiger partial charge in [0.2, 0.25) is 5.91 Å². The summed E-state index contributed by atoms with van der Waals surface area (Å²) >= 11 is 0. The van der Waals surface area contributed by atoms with Crippen molar-refractivity contribution < 1.29 is 18.0 Å². The van der Waals surface area contributed by atoms with Gasteiger partial charge in [0.15, 0.2) is 0 Å². The molecule has 0 bridgehead atoms. The highest BCUT2D eigenvalue weighted by molar-refractivity contribution is 5.79. The third-order valence-corrected chi connectivity index (χ3v) is 5.82. The van der Waals surface area contributed by atoms with Crippen molar-refractivity contribution in [3.63, 3.8) is 0 Å². The lowest BCUT2D eigenvalue weighted by Gasteiger charge is -2.24. The zero-order valence-electron chi connectivity index (χ0n) is 17.3. The van der Waals surface area contributed by atoms with Crippen molar-refractivity contribution in [1.29, 1.82) is 0 Å². The Morgan fingerprint density at radius 1 is 1.17 bits per heavy atom. The van der Waals surface area contributed by atoms with Gasteiger partial charge in [-0.25, -0.2) is 0 Å². The van der Waals surface area contributed by atoms with E-state index >= 15 is 0 Å². The second-order valence-corrected chi connectivity index (χ2v) is 8.32. The van der Waals surface area contributed by atoms with Crippen LogP contribution in [0.1, 0.15) is 30.9 Å². The molecule has 0 unspecified atom stereocenters. The second-order valence-electron chi connectivity index (χ2n) is 8.32. The standard InChI is InChI=1S/C23H28F3N3O/c1-16(2)19(18-9-6-10-27-11-18)12-28-22(30)20-14-29(15-21(20)23(24,25)26)13-17-7-4-3-5-8-17/h3-11,16,19-21H,12-15H2,1-2H3,(H,28,30)/t19-,20+,21-/m0/s1. The number of halogens is 3. The summed E-state index contributed by atoms with van der Waals surface area (Å²) < 4.78 is 41.0. The second kappa shape index (κ2) is 9.60. The molecule has 1 aliphatic heterocycles. The average molecular weight is 419 g/mol. The molecule has 3 rings (SSSR count). The van der Waals surface area contributed by atoms with Crippen LogP contribution in [0.5, 0.6) is 0 Å². The van der Waals surface area contributed by atoms with Crippen LogP contribution in [0, 0.1) is 17.8 Å². The summed E-state index contributed by atoms with van der Waals surface area (Å²) in [5.41, 5.74) is 1.91. The molecule has 1 fully saturated rings. The number of carbonyl (C=O) groups excluding carboxylic acids is 1. The molecule has 1 aromatic heterocycles. The molecule has 1 amide bonds. The first-order valence-electron chi connectivity index (χ1n) is 10.3. The molecule has 2 aromatic rings. The summed E-state index contributed by atoms with van der Waals surface area (Å²) in [5, 5.41) is 2.80. The topological polar surface area (TPSA) is 45.2 Å². The predicted molar refractivity (Wildman–Crippen MR) is 110 cm³/mol. The summed E-state index contributed by atoms with van der Waals surface area (Å²) in [6.07, 6.45) is -0.992. The molecule has 0 radical (unpaired) electrons. The van der Waals surface area contributed by atoms with Crippen LogP contribution in [-0.2, 0) is 11.3 Å². The number of benzene rings is 1. The lowest BCUT2D eigenvalue weighted by atomic mass is 9.88. The van der Waals surface area contributed by atoms with E-state index in [0.29, 0.717) is 13.1 Å². The van der Waals surface area contributed by atoms with Gasteiger partial charge in [-0.1, -0.05) is 50.2 Å². The Morgan fingerprint density at radius 2 is 1.90 bits per heavy atom. The van der Waals surface area contributed by atoms with Gasteiger partial charge in [-0.2, -0.15) is 13.2 Å². The van der Waals surface area contributed by atoms with Crippen LogP contribution >= 0.6 is 0 Å². The minimum Gasteiger partial charge on any atom is -0.355 e. The van der Waals surface area contributed by atoms with Crippen molar-refractivity contribution in [2.24, 2.45) is 17.8 Å². The van der Waals surface area contributed by atoms with E-state index in [2.05, 4.69) is 10.3 Å². The molecule has 7 heteroatoms. The Bertz CT molecular complexity index is 811. The van der Waals surface area contributed by atoms with Crippen LogP contribution < -0.4 is 5.32 Å². The number of nitrogens with one attached hydrogen (secondary N) is 1. The van der Waals surface area contributed by atoms with Crippen LogP contribution in [0.2, 0.25) is 0 Å². The Labute approximate surface area is 175 Å². The van der Waals surface area contributed by atoms with Crippen LogP contribution in [-0.4, -0.2) is 41.6 Å². The molecule has 0 spiro atoms. The maximum absolute atomic E-state index is 13.7. The van der Waals surface area contributed by atoms with Gasteiger partial charge in [-0.15, -0.1) is 0 Å². The Morgan fingerprint density at radius 3 is 2.50 bits per heavy atom. The van der Waals surface area contributed by atoms with E-state index in [1.54, 1.807) is 17.3 Å². The van der Waals surface area contributed by atoms with Crippen molar-refractivity contribution in [2.45, 2.75) is 32.5 Å². The molecule has 2 heterocycles. The molecule has 1 N–H and O–H groups in total. The fourth-order valence-electron chi connectivity index (χ4n) is 4.13. The van der Waals surface area contributed by atoms with E-state index in [-0.39, 0.29) is 24.9 Å². The van der Waals surface area contributed by atoms with Crippen molar-refractivity contribution in [3.05, 3.63) is 66.0 Å². The quantitative estimate of drug-likeness (QED) is 0.730. The molecule has 1 aliphatic rings. The molecular weight excluding hydrogens is 391 g/mol. The summed E-state index contributed by atoms with van der Waals surface area (Å²) in [7, 11) is 0. The summed E-state index contributed by atoms with van der Waals surface area (Å²) in [6.45, 7) is 4.69. The van der Waals surface area contributed by atoms with E-state index in [1.807, 2.05) is 56.3 Å². The molecular formula is C23H28F3N3O. The zero-order valence-corrected chi connectivity index (χ0v) is 17.3. The number of likely N-dealkylation sites (tertiary alicyclic amines) is 1. The molecule has 30 heavy (non-hydrogen) atoms. The van der Waals surface area contributed by atoms with Crippen molar-refractivity contribution in [1.82, 2.24) is 15.2 Å². The first kappa shape index (κ1) is 22.3. The molecule has 0 saturated carbocycles. The normalized spacial score (nSPS) is 21.0. The Balaban J connectivity index is 1.67. The van der Waals surface area contributed by atoms with Gasteiger partial charge in [-0.05, 0) is 23.1 Å². The van der Waals surface area contributed by atoms with Crippen molar-refractivity contribution in [3.8, 4) is 0 Å². The number of rotatable bonds is 7. The minimum absolute atomic E-state index is 0.00573. The third kappa shape index (κ3) is 5.59. The Hall–Kier alpha value is -2.41. The van der Waals surface area contributed by atoms with Gasteiger partial charge in [0, 0.05) is 44.5 Å². The SMILES string of the molecule is CC(C)[C@H](CNC(=O)[C@@H]1CN(Cc2ccccc2)C[C@@H]1C(F)(F)F)c1cccnc1. The lowest BCUT2D eigenvalue weighted by Crippen LogP contribution is -2.41. The third-order valence-electron chi connectivity index (χ3n) is 5.82. The van der Waals surface area contributed by atoms with Crippen molar-refractivity contribution in [2.75, 3.05) is 19.6 Å². The van der Waals surface area contributed by atoms with Crippen LogP contribution in [0.25, 0.3) is 0 Å². The molecule has 162 valence electrons. The first-order valence-corrected chi connectivity index (χ1v) is 10.3. The fraction of sp³-hybridized carbons (Fsp3) is 0.478. The Kier molecular flexibility index (Phi) is 7.13. The van der Waals surface area contributed by atoms with Gasteiger partial charge in [0.25, 0.3) is 0 Å². The van der Waals surface area contributed by atoms with E-state index in [1.165, 1.54) is 0 Å². The molecule has 1 aromatic carbocycles. The van der Waals surface area contributed by atoms with E-state index < -0.39 is 23.9 Å². The highest BCUT2D eigenvalue weighted by Crippen LogP contribution is 2.38. The number of alkyl halides is 3. The number of hydrogen-bond donors (Lipinski definition) is 1. The van der Waals surface area contributed by atoms with E-state index in [0.717, 1.165) is 11.1 Å². The van der Waals surface area contributed by atoms with E-state index in [4.69, 9.17) is 0 Å². The number of carbonyl (C=O) groups is 1. The van der Waals surface area contributed by atoms with Crippen LogP contribution in [0.4, 0.5) is 13.2 Å². The van der Waals surface area contributed by atoms with Crippen molar-refractivity contribution >= 4 is 5.91 Å². The van der Waals surface area contributed by atoms with Crippen LogP contribution in [0.15, 0.2) is 54.9 Å².